The third-order valence-corrected chi connectivity index (χ3v) is 3.54. The molecule has 1 N–H and O–H groups in total. The van der Waals surface area contributed by atoms with Crippen LogP contribution in [0.3, 0.4) is 0 Å². The maximum Gasteiger partial charge on any atom is 0.304 e. The highest BCUT2D eigenvalue weighted by Gasteiger charge is 2.27. The Bertz CT molecular complexity index is 641. The van der Waals surface area contributed by atoms with Gasteiger partial charge in [-0.05, 0) is 22.3 Å². The van der Waals surface area contributed by atoms with E-state index in [9.17, 15) is 4.79 Å². The van der Waals surface area contributed by atoms with Gasteiger partial charge in [-0.25, -0.2) is 0 Å². The number of fused-ring (bicyclic) bond motifs is 1. The lowest BCUT2D eigenvalue weighted by Crippen LogP contribution is -2.06. The summed E-state index contributed by atoms with van der Waals surface area (Å²) in [4.78, 5) is 11.1. The lowest BCUT2D eigenvalue weighted by atomic mass is 9.89. The van der Waals surface area contributed by atoms with Crippen LogP contribution in [0.5, 0.6) is 0 Å². The van der Waals surface area contributed by atoms with Crippen molar-refractivity contribution >= 4 is 17.6 Å². The van der Waals surface area contributed by atoms with E-state index < -0.39 is 5.97 Å². The van der Waals surface area contributed by atoms with Gasteiger partial charge in [-0.15, -0.1) is 0 Å². The molecule has 0 bridgehead atoms. The van der Waals surface area contributed by atoms with Crippen LogP contribution in [0.4, 0.5) is 0 Å². The minimum Gasteiger partial charge on any atom is -0.481 e. The first-order valence-corrected chi connectivity index (χ1v) is 6.33. The molecule has 0 amide bonds. The number of hydrogen-bond acceptors (Lipinski definition) is 1. The first kappa shape index (κ1) is 11.7. The van der Waals surface area contributed by atoms with Gasteiger partial charge in [-0.1, -0.05) is 60.7 Å². The fourth-order valence-electron chi connectivity index (χ4n) is 2.70. The molecule has 2 aromatic rings. The summed E-state index contributed by atoms with van der Waals surface area (Å²) in [5, 5.41) is 9.14. The fourth-order valence-corrected chi connectivity index (χ4v) is 2.70. The number of allylic oxidation sites excluding steroid dienone is 1. The Labute approximate surface area is 112 Å². The van der Waals surface area contributed by atoms with Gasteiger partial charge in [0.2, 0.25) is 0 Å². The van der Waals surface area contributed by atoms with E-state index in [1.54, 1.807) is 0 Å². The molecule has 0 fully saturated rings. The van der Waals surface area contributed by atoms with Crippen molar-refractivity contribution in [2.75, 3.05) is 0 Å². The molecule has 19 heavy (non-hydrogen) atoms. The third-order valence-electron chi connectivity index (χ3n) is 3.54. The zero-order chi connectivity index (χ0) is 13.2. The topological polar surface area (TPSA) is 37.3 Å². The maximum absolute atomic E-state index is 11.1. The summed E-state index contributed by atoms with van der Waals surface area (Å²) < 4.78 is 0. The van der Waals surface area contributed by atoms with E-state index in [1.165, 1.54) is 0 Å². The monoisotopic (exact) mass is 250 g/mol. The van der Waals surface area contributed by atoms with Gasteiger partial charge in [0.05, 0.1) is 6.42 Å². The molecule has 1 unspecified atom stereocenters. The van der Waals surface area contributed by atoms with Crippen LogP contribution < -0.4 is 0 Å². The van der Waals surface area contributed by atoms with Crippen LogP contribution in [0.25, 0.3) is 11.6 Å². The Kier molecular flexibility index (Phi) is 2.92. The molecule has 94 valence electrons. The molecular formula is C17H14O2. The number of rotatable bonds is 3. The first-order chi connectivity index (χ1) is 9.25. The van der Waals surface area contributed by atoms with Crippen LogP contribution in [0.15, 0.2) is 54.6 Å². The number of carboxylic acid groups (broad SMARTS) is 1. The molecule has 2 nitrogen and oxygen atoms in total. The van der Waals surface area contributed by atoms with E-state index in [2.05, 4.69) is 6.08 Å². The van der Waals surface area contributed by atoms with Crippen LogP contribution >= 0.6 is 0 Å². The Hall–Kier alpha value is -2.35. The van der Waals surface area contributed by atoms with Crippen molar-refractivity contribution in [3.05, 3.63) is 71.3 Å². The van der Waals surface area contributed by atoms with Crippen molar-refractivity contribution in [2.45, 2.75) is 12.3 Å². The lowest BCUT2D eigenvalue weighted by molar-refractivity contribution is -0.137. The van der Waals surface area contributed by atoms with Crippen LogP contribution in [-0.2, 0) is 4.79 Å². The minimum absolute atomic E-state index is 0.0453. The van der Waals surface area contributed by atoms with E-state index in [0.29, 0.717) is 0 Å². The van der Waals surface area contributed by atoms with Gasteiger partial charge in [0.1, 0.15) is 0 Å². The van der Waals surface area contributed by atoms with E-state index in [0.717, 1.165) is 22.3 Å². The summed E-state index contributed by atoms with van der Waals surface area (Å²) in [6.07, 6.45) is 2.25. The second-order valence-corrected chi connectivity index (χ2v) is 4.75. The number of benzene rings is 2. The lowest BCUT2D eigenvalue weighted by Gasteiger charge is -2.15. The highest BCUT2D eigenvalue weighted by Crippen LogP contribution is 2.43. The quantitative estimate of drug-likeness (QED) is 0.899. The van der Waals surface area contributed by atoms with E-state index in [4.69, 9.17) is 5.11 Å². The molecule has 3 rings (SSSR count). The van der Waals surface area contributed by atoms with Gasteiger partial charge in [0.15, 0.2) is 0 Å². The van der Waals surface area contributed by atoms with Gasteiger partial charge in [0, 0.05) is 5.92 Å². The summed E-state index contributed by atoms with van der Waals surface area (Å²) in [5.74, 6) is -0.806. The average Bonchev–Trinajstić information content (AvgIpc) is 2.78. The summed E-state index contributed by atoms with van der Waals surface area (Å²) in [6.45, 7) is 0. The standard InChI is InChI=1S/C17H14O2/c18-17(19)11-16-14-9-5-4-8-13(14)10-15(16)12-6-2-1-3-7-12/h1-10,16H,11H2,(H,18,19). The predicted molar refractivity (Wildman–Crippen MR) is 75.7 cm³/mol. The van der Waals surface area contributed by atoms with Crippen LogP contribution in [0.1, 0.15) is 29.0 Å². The highest BCUT2D eigenvalue weighted by molar-refractivity contribution is 5.93. The molecule has 2 heteroatoms. The van der Waals surface area contributed by atoms with Crippen molar-refractivity contribution < 1.29 is 9.90 Å². The fraction of sp³-hybridized carbons (Fsp3) is 0.118. The zero-order valence-electron chi connectivity index (χ0n) is 10.4. The zero-order valence-corrected chi connectivity index (χ0v) is 10.4. The molecule has 1 aliphatic carbocycles. The largest absolute Gasteiger partial charge is 0.481 e. The predicted octanol–water partition coefficient (Wildman–Crippen LogP) is 3.80. The second kappa shape index (κ2) is 4.73. The molecule has 0 heterocycles. The van der Waals surface area contributed by atoms with Crippen LogP contribution in [0.2, 0.25) is 0 Å². The van der Waals surface area contributed by atoms with Crippen molar-refractivity contribution in [2.24, 2.45) is 0 Å². The van der Waals surface area contributed by atoms with Crippen molar-refractivity contribution in [3.63, 3.8) is 0 Å². The van der Waals surface area contributed by atoms with Gasteiger partial charge >= 0.3 is 5.97 Å². The summed E-state index contributed by atoms with van der Waals surface area (Å²) in [5.41, 5.74) is 4.45. The molecule has 2 aromatic carbocycles. The molecule has 0 radical (unpaired) electrons. The normalized spacial score (nSPS) is 16.8. The Morgan fingerprint density at radius 1 is 1.00 bits per heavy atom. The molecule has 0 aliphatic heterocycles. The van der Waals surface area contributed by atoms with Gasteiger partial charge in [-0.3, -0.25) is 4.79 Å². The van der Waals surface area contributed by atoms with E-state index in [1.807, 2.05) is 54.6 Å². The maximum atomic E-state index is 11.1. The number of aliphatic carboxylic acids is 1. The number of carboxylic acids is 1. The molecular weight excluding hydrogens is 236 g/mol. The van der Waals surface area contributed by atoms with Gasteiger partial charge in [0.25, 0.3) is 0 Å². The Balaban J connectivity index is 2.07. The Morgan fingerprint density at radius 3 is 2.42 bits per heavy atom. The molecule has 0 saturated carbocycles. The van der Waals surface area contributed by atoms with E-state index >= 15 is 0 Å². The highest BCUT2D eigenvalue weighted by atomic mass is 16.4. The number of carbonyl (C=O) groups is 1. The third kappa shape index (κ3) is 2.17. The molecule has 0 aromatic heterocycles. The van der Waals surface area contributed by atoms with Gasteiger partial charge in [-0.2, -0.15) is 0 Å². The molecule has 0 spiro atoms. The van der Waals surface area contributed by atoms with Crippen molar-refractivity contribution in [3.8, 4) is 0 Å². The minimum atomic E-state index is -0.761. The second-order valence-electron chi connectivity index (χ2n) is 4.75. The summed E-state index contributed by atoms with van der Waals surface area (Å²) in [6, 6.07) is 18.0. The number of hydrogen-bond donors (Lipinski definition) is 1. The summed E-state index contributed by atoms with van der Waals surface area (Å²) in [7, 11) is 0. The molecule has 0 saturated heterocycles. The molecule has 1 atom stereocenters. The van der Waals surface area contributed by atoms with Crippen molar-refractivity contribution in [1.29, 1.82) is 0 Å². The molecule has 1 aliphatic rings. The summed E-state index contributed by atoms with van der Waals surface area (Å²) >= 11 is 0. The van der Waals surface area contributed by atoms with Crippen molar-refractivity contribution in [1.82, 2.24) is 0 Å². The van der Waals surface area contributed by atoms with Crippen LogP contribution in [0, 0.1) is 0 Å². The SMILES string of the molecule is O=C(O)CC1C(c2ccccc2)=Cc2ccccc21. The average molecular weight is 250 g/mol. The van der Waals surface area contributed by atoms with E-state index in [-0.39, 0.29) is 12.3 Å². The first-order valence-electron chi connectivity index (χ1n) is 6.33. The van der Waals surface area contributed by atoms with Crippen LogP contribution in [-0.4, -0.2) is 11.1 Å². The van der Waals surface area contributed by atoms with Gasteiger partial charge < -0.3 is 5.11 Å². The Morgan fingerprint density at radius 2 is 1.68 bits per heavy atom. The smallest absolute Gasteiger partial charge is 0.304 e.